The summed E-state index contributed by atoms with van der Waals surface area (Å²) in [6.07, 6.45) is 2.28. The molecule has 162 valence electrons. The third-order valence-corrected chi connectivity index (χ3v) is 6.88. The first kappa shape index (κ1) is 19.2. The molecule has 3 unspecified atom stereocenters. The Morgan fingerprint density at radius 2 is 1.97 bits per heavy atom. The normalized spacial score (nSPS) is 22.2. The minimum atomic E-state index is -0.386. The molecule has 2 aliphatic heterocycles. The molecular formula is C24H24N6O2. The van der Waals surface area contributed by atoms with Gasteiger partial charge in [-0.05, 0) is 40.5 Å². The molecule has 0 aliphatic carbocycles. The second-order valence-electron chi connectivity index (χ2n) is 8.53. The Labute approximate surface area is 185 Å². The van der Waals surface area contributed by atoms with E-state index in [9.17, 15) is 4.79 Å². The number of esters is 1. The number of rotatable bonds is 4. The van der Waals surface area contributed by atoms with E-state index in [-0.39, 0.29) is 24.1 Å². The van der Waals surface area contributed by atoms with Gasteiger partial charge < -0.3 is 9.72 Å². The molecule has 0 amide bonds. The van der Waals surface area contributed by atoms with Crippen molar-refractivity contribution in [3.63, 3.8) is 0 Å². The summed E-state index contributed by atoms with van der Waals surface area (Å²) in [5, 5.41) is 13.8. The van der Waals surface area contributed by atoms with Gasteiger partial charge in [0.05, 0.1) is 25.7 Å². The monoisotopic (exact) mass is 428 g/mol. The second kappa shape index (κ2) is 7.56. The number of fused-ring (bicyclic) bond motifs is 6. The van der Waals surface area contributed by atoms with Crippen molar-refractivity contribution in [2.45, 2.75) is 43.9 Å². The van der Waals surface area contributed by atoms with Gasteiger partial charge in [-0.15, -0.1) is 5.10 Å². The van der Waals surface area contributed by atoms with Gasteiger partial charge in [0.15, 0.2) is 5.82 Å². The summed E-state index contributed by atoms with van der Waals surface area (Å²) in [6.45, 7) is 0.595. The Balaban J connectivity index is 1.46. The number of methoxy groups -OCH3 is 1. The zero-order chi connectivity index (χ0) is 21.7. The third-order valence-electron chi connectivity index (χ3n) is 6.88. The van der Waals surface area contributed by atoms with Crippen LogP contribution in [0.3, 0.4) is 0 Å². The number of carbonyl (C=O) groups is 1. The molecule has 4 heterocycles. The van der Waals surface area contributed by atoms with Crippen molar-refractivity contribution in [1.82, 2.24) is 30.1 Å². The maximum atomic E-state index is 13.0. The van der Waals surface area contributed by atoms with Gasteiger partial charge in [-0.3, -0.25) is 9.69 Å². The Bertz CT molecular complexity index is 1280. The number of nitrogens with zero attached hydrogens (tertiary/aromatic N) is 5. The van der Waals surface area contributed by atoms with Crippen molar-refractivity contribution < 1.29 is 9.53 Å². The van der Waals surface area contributed by atoms with Gasteiger partial charge in [0, 0.05) is 23.0 Å². The molecule has 0 saturated carbocycles. The maximum absolute atomic E-state index is 13.0. The molecule has 8 heteroatoms. The number of aryl methyl sites for hydroxylation is 1. The summed E-state index contributed by atoms with van der Waals surface area (Å²) in [6, 6.07) is 18.2. The molecule has 32 heavy (non-hydrogen) atoms. The SMILES string of the molecule is COC(=O)C1Cc2c([nH]c3ccccc23)C2Cn3nnnc3C(CCc3ccccc3)N12. The van der Waals surface area contributed by atoms with Crippen molar-refractivity contribution >= 4 is 16.9 Å². The average molecular weight is 428 g/mol. The summed E-state index contributed by atoms with van der Waals surface area (Å²) in [5.41, 5.74) is 4.69. The minimum absolute atomic E-state index is 0.0352. The van der Waals surface area contributed by atoms with E-state index in [0.29, 0.717) is 13.0 Å². The molecule has 0 saturated heterocycles. The van der Waals surface area contributed by atoms with Crippen LogP contribution in [0.5, 0.6) is 0 Å². The van der Waals surface area contributed by atoms with Crippen LogP contribution in [0.25, 0.3) is 10.9 Å². The van der Waals surface area contributed by atoms with E-state index < -0.39 is 0 Å². The van der Waals surface area contributed by atoms with Crippen LogP contribution in [0.4, 0.5) is 0 Å². The molecule has 0 radical (unpaired) electrons. The molecule has 0 bridgehead atoms. The molecular weight excluding hydrogens is 404 g/mol. The van der Waals surface area contributed by atoms with Gasteiger partial charge >= 0.3 is 5.97 Å². The highest BCUT2D eigenvalue weighted by Gasteiger charge is 2.48. The molecule has 0 spiro atoms. The van der Waals surface area contributed by atoms with Crippen LogP contribution in [0.2, 0.25) is 0 Å². The predicted molar refractivity (Wildman–Crippen MR) is 118 cm³/mol. The molecule has 4 aromatic rings. The number of carbonyl (C=O) groups excluding carboxylic acids is 1. The van der Waals surface area contributed by atoms with Gasteiger partial charge in [0.25, 0.3) is 0 Å². The number of nitrogens with one attached hydrogen (secondary N) is 1. The van der Waals surface area contributed by atoms with E-state index in [2.05, 4.69) is 61.8 Å². The summed E-state index contributed by atoms with van der Waals surface area (Å²) in [5.74, 6) is 0.599. The Morgan fingerprint density at radius 1 is 1.16 bits per heavy atom. The largest absolute Gasteiger partial charge is 0.468 e. The fourth-order valence-corrected chi connectivity index (χ4v) is 5.45. The molecule has 6 rings (SSSR count). The van der Waals surface area contributed by atoms with Gasteiger partial charge in [-0.2, -0.15) is 0 Å². The Kier molecular flexibility index (Phi) is 4.53. The van der Waals surface area contributed by atoms with Crippen LogP contribution >= 0.6 is 0 Å². The van der Waals surface area contributed by atoms with Crippen LogP contribution < -0.4 is 0 Å². The quantitative estimate of drug-likeness (QED) is 0.503. The zero-order valence-electron chi connectivity index (χ0n) is 17.8. The number of para-hydroxylation sites is 1. The van der Waals surface area contributed by atoms with Crippen molar-refractivity contribution in [2.75, 3.05) is 7.11 Å². The number of aromatic nitrogens is 5. The van der Waals surface area contributed by atoms with Crippen LogP contribution in [0.15, 0.2) is 54.6 Å². The number of hydrogen-bond donors (Lipinski definition) is 1. The first-order valence-corrected chi connectivity index (χ1v) is 11.0. The topological polar surface area (TPSA) is 88.9 Å². The smallest absolute Gasteiger partial charge is 0.323 e. The number of tetrazole rings is 1. The highest BCUT2D eigenvalue weighted by atomic mass is 16.5. The van der Waals surface area contributed by atoms with E-state index in [0.717, 1.165) is 29.9 Å². The molecule has 0 fully saturated rings. The molecule has 2 aliphatic rings. The number of H-pyrrole nitrogens is 1. The fourth-order valence-electron chi connectivity index (χ4n) is 5.45. The lowest BCUT2D eigenvalue weighted by Gasteiger charge is -2.47. The summed E-state index contributed by atoms with van der Waals surface area (Å²) in [4.78, 5) is 19.0. The molecule has 3 atom stereocenters. The molecule has 8 nitrogen and oxygen atoms in total. The van der Waals surface area contributed by atoms with Crippen LogP contribution in [-0.4, -0.2) is 49.2 Å². The van der Waals surface area contributed by atoms with E-state index in [1.807, 2.05) is 22.9 Å². The highest BCUT2D eigenvalue weighted by Crippen LogP contribution is 2.46. The summed E-state index contributed by atoms with van der Waals surface area (Å²) >= 11 is 0. The van der Waals surface area contributed by atoms with Crippen molar-refractivity contribution in [3.8, 4) is 0 Å². The van der Waals surface area contributed by atoms with Gasteiger partial charge in [0.2, 0.25) is 0 Å². The highest BCUT2D eigenvalue weighted by molar-refractivity contribution is 5.87. The van der Waals surface area contributed by atoms with E-state index in [4.69, 9.17) is 4.74 Å². The second-order valence-corrected chi connectivity index (χ2v) is 8.53. The number of benzene rings is 2. The first-order chi connectivity index (χ1) is 15.7. The lowest BCUT2D eigenvalue weighted by molar-refractivity contribution is -0.151. The maximum Gasteiger partial charge on any atom is 0.323 e. The van der Waals surface area contributed by atoms with Gasteiger partial charge in [0.1, 0.15) is 6.04 Å². The minimum Gasteiger partial charge on any atom is -0.468 e. The fraction of sp³-hybridized carbons (Fsp3) is 0.333. The van der Waals surface area contributed by atoms with Crippen molar-refractivity contribution in [2.24, 2.45) is 0 Å². The van der Waals surface area contributed by atoms with Gasteiger partial charge in [-0.1, -0.05) is 48.5 Å². The van der Waals surface area contributed by atoms with Crippen molar-refractivity contribution in [1.29, 1.82) is 0 Å². The van der Waals surface area contributed by atoms with Crippen LogP contribution in [-0.2, 0) is 28.9 Å². The lowest BCUT2D eigenvalue weighted by atomic mass is 9.87. The van der Waals surface area contributed by atoms with Crippen LogP contribution in [0, 0.1) is 0 Å². The third kappa shape index (κ3) is 2.94. The Hall–Kier alpha value is -3.52. The predicted octanol–water partition coefficient (Wildman–Crippen LogP) is 2.98. The Morgan fingerprint density at radius 3 is 2.81 bits per heavy atom. The number of hydrogen-bond acceptors (Lipinski definition) is 6. The zero-order valence-corrected chi connectivity index (χ0v) is 17.8. The summed E-state index contributed by atoms with van der Waals surface area (Å²) in [7, 11) is 1.47. The van der Waals surface area contributed by atoms with E-state index in [1.54, 1.807) is 0 Å². The van der Waals surface area contributed by atoms with E-state index >= 15 is 0 Å². The number of ether oxygens (including phenoxy) is 1. The van der Waals surface area contributed by atoms with Crippen molar-refractivity contribution in [3.05, 3.63) is 77.2 Å². The lowest BCUT2D eigenvalue weighted by Crippen LogP contribution is -2.54. The van der Waals surface area contributed by atoms with E-state index in [1.165, 1.54) is 23.6 Å². The molecule has 2 aromatic heterocycles. The van der Waals surface area contributed by atoms with Crippen LogP contribution in [0.1, 0.15) is 41.1 Å². The summed E-state index contributed by atoms with van der Waals surface area (Å²) < 4.78 is 7.17. The molecule has 2 aromatic carbocycles. The van der Waals surface area contributed by atoms with Gasteiger partial charge in [-0.25, -0.2) is 4.68 Å². The average Bonchev–Trinajstić information content (AvgIpc) is 3.46. The molecule has 1 N–H and O–H groups in total. The number of aromatic amines is 1. The standard InChI is InChI=1S/C24H24N6O2/c1-32-24(31)20-13-17-16-9-5-6-10-18(16)25-22(17)21-14-29-23(26-27-28-29)19(30(20)21)12-11-15-7-3-2-4-8-15/h2-10,19-21,25H,11-14H2,1H3. The first-order valence-electron chi connectivity index (χ1n) is 11.0.